The summed E-state index contributed by atoms with van der Waals surface area (Å²) in [6, 6.07) is 3.99. The molecule has 2 aromatic rings. The second kappa shape index (κ2) is 7.56. The van der Waals surface area contributed by atoms with Crippen LogP contribution in [0.3, 0.4) is 0 Å². The molecule has 150 valence electrons. The number of sulfonamides is 1. The number of nitrogens with one attached hydrogen (secondary N) is 2. The van der Waals surface area contributed by atoms with Gasteiger partial charge in [-0.05, 0) is 18.2 Å². The lowest BCUT2D eigenvalue weighted by Crippen LogP contribution is -2.44. The maximum Gasteiger partial charge on any atom is 0.276 e. The van der Waals surface area contributed by atoms with Gasteiger partial charge in [0.1, 0.15) is 29.5 Å². The number of terminal acetylenes is 1. The second-order valence-corrected chi connectivity index (χ2v) is 7.88. The Morgan fingerprint density at radius 2 is 2.28 bits per heavy atom. The molecule has 0 saturated heterocycles. The topological polar surface area (TPSA) is 133 Å². The number of ether oxygens (including phenoxy) is 1. The third-order valence-corrected chi connectivity index (χ3v) is 5.70. The first kappa shape index (κ1) is 20.4. The fourth-order valence-corrected chi connectivity index (χ4v) is 4.21. The maximum atomic E-state index is 13.5. The van der Waals surface area contributed by atoms with Crippen molar-refractivity contribution in [3.05, 3.63) is 41.5 Å². The first-order valence-corrected chi connectivity index (χ1v) is 9.66. The number of benzene rings is 1. The standard InChI is InChI=1S/C18H15FN4O5S/c1-3-14(24)13-9-28-17-15(29(26,27)22-13)8-23(2)16(17)18(25)21-11-4-5-12(19)10(6-11)7-20/h1,4-6,8,13-14,22,24H,9H2,2H3,(H,21,25)/t13-,14-/m1/s1. The molecule has 0 aliphatic carbocycles. The monoisotopic (exact) mass is 418 g/mol. The minimum absolute atomic E-state index is 0.121. The number of carbonyl (C=O) groups excluding carboxylic acids is 1. The zero-order valence-corrected chi connectivity index (χ0v) is 15.8. The Morgan fingerprint density at radius 3 is 2.93 bits per heavy atom. The van der Waals surface area contributed by atoms with Gasteiger partial charge in [-0.1, -0.05) is 5.92 Å². The van der Waals surface area contributed by atoms with Crippen molar-refractivity contribution in [3.8, 4) is 24.2 Å². The molecule has 0 bridgehead atoms. The highest BCUT2D eigenvalue weighted by molar-refractivity contribution is 7.89. The Hall–Kier alpha value is -3.38. The Morgan fingerprint density at radius 1 is 1.55 bits per heavy atom. The van der Waals surface area contributed by atoms with E-state index in [9.17, 15) is 22.7 Å². The minimum atomic E-state index is -4.13. The van der Waals surface area contributed by atoms with Crippen molar-refractivity contribution in [3.63, 3.8) is 0 Å². The molecule has 11 heteroatoms. The van der Waals surface area contributed by atoms with Crippen LogP contribution in [-0.2, 0) is 17.1 Å². The molecular formula is C18H15FN4O5S. The van der Waals surface area contributed by atoms with E-state index < -0.39 is 33.9 Å². The van der Waals surface area contributed by atoms with Gasteiger partial charge in [0.25, 0.3) is 5.91 Å². The van der Waals surface area contributed by atoms with Gasteiger partial charge < -0.3 is 19.7 Å². The molecule has 1 aliphatic heterocycles. The van der Waals surface area contributed by atoms with E-state index in [0.717, 1.165) is 12.1 Å². The van der Waals surface area contributed by atoms with E-state index in [-0.39, 0.29) is 34.2 Å². The van der Waals surface area contributed by atoms with Gasteiger partial charge in [0.05, 0.1) is 11.6 Å². The average Bonchev–Trinajstić information content (AvgIpc) is 2.96. The van der Waals surface area contributed by atoms with Crippen LogP contribution in [0.5, 0.6) is 5.75 Å². The normalized spacial score (nSPS) is 18.3. The van der Waals surface area contributed by atoms with Gasteiger partial charge in [-0.3, -0.25) is 4.79 Å². The average molecular weight is 418 g/mol. The van der Waals surface area contributed by atoms with Crippen molar-refractivity contribution in [2.75, 3.05) is 11.9 Å². The number of aliphatic hydroxyl groups excluding tert-OH is 1. The van der Waals surface area contributed by atoms with Crippen LogP contribution >= 0.6 is 0 Å². The highest BCUT2D eigenvalue weighted by Gasteiger charge is 2.36. The van der Waals surface area contributed by atoms with Crippen LogP contribution in [0.1, 0.15) is 16.1 Å². The number of aromatic nitrogens is 1. The molecule has 2 heterocycles. The van der Waals surface area contributed by atoms with Crippen LogP contribution in [0.25, 0.3) is 0 Å². The number of fused-ring (bicyclic) bond motifs is 1. The zero-order chi connectivity index (χ0) is 21.3. The predicted octanol–water partition coefficient (Wildman–Crippen LogP) is 0.322. The number of halogens is 1. The number of aryl methyl sites for hydroxylation is 1. The zero-order valence-electron chi connectivity index (χ0n) is 15.0. The number of carbonyl (C=O) groups is 1. The third-order valence-electron chi connectivity index (χ3n) is 4.22. The SMILES string of the molecule is C#C[C@@H](O)[C@H]1COc2c(cn(C)c2C(=O)Nc2ccc(F)c(C#N)c2)S(=O)(=O)N1. The Balaban J connectivity index is 1.97. The molecule has 3 rings (SSSR count). The van der Waals surface area contributed by atoms with Gasteiger partial charge in [-0.2, -0.15) is 5.26 Å². The summed E-state index contributed by atoms with van der Waals surface area (Å²) in [6.07, 6.45) is 4.89. The molecule has 9 nitrogen and oxygen atoms in total. The van der Waals surface area contributed by atoms with E-state index in [1.165, 1.54) is 23.9 Å². The Labute approximate surface area is 165 Å². The van der Waals surface area contributed by atoms with E-state index in [2.05, 4.69) is 10.0 Å². The van der Waals surface area contributed by atoms with Gasteiger partial charge in [-0.25, -0.2) is 17.5 Å². The van der Waals surface area contributed by atoms with E-state index in [1.54, 1.807) is 6.07 Å². The summed E-state index contributed by atoms with van der Waals surface area (Å²) < 4.78 is 47.7. The van der Waals surface area contributed by atoms with Crippen LogP contribution in [0, 0.1) is 29.5 Å². The molecule has 1 aromatic carbocycles. The molecule has 3 N–H and O–H groups in total. The third kappa shape index (κ3) is 3.79. The molecular weight excluding hydrogens is 403 g/mol. The summed E-state index contributed by atoms with van der Waals surface area (Å²) in [6.45, 7) is -0.309. The molecule has 2 atom stereocenters. The number of nitrogens with zero attached hydrogens (tertiary/aromatic N) is 2. The molecule has 0 fully saturated rings. The van der Waals surface area contributed by atoms with E-state index in [4.69, 9.17) is 16.4 Å². The maximum absolute atomic E-state index is 13.5. The fraction of sp³-hybridized carbons (Fsp3) is 0.222. The first-order chi connectivity index (χ1) is 13.7. The molecule has 0 saturated carbocycles. The van der Waals surface area contributed by atoms with Crippen molar-refractivity contribution in [2.45, 2.75) is 17.0 Å². The van der Waals surface area contributed by atoms with Gasteiger partial charge in [-0.15, -0.1) is 6.42 Å². The van der Waals surface area contributed by atoms with Crippen molar-refractivity contribution in [2.24, 2.45) is 7.05 Å². The summed E-state index contributed by atoms with van der Waals surface area (Å²) in [5.41, 5.74) is -0.246. The largest absolute Gasteiger partial charge is 0.488 e. The van der Waals surface area contributed by atoms with Crippen molar-refractivity contribution in [1.29, 1.82) is 5.26 Å². The summed E-state index contributed by atoms with van der Waals surface area (Å²) >= 11 is 0. The number of hydrogen-bond donors (Lipinski definition) is 3. The van der Waals surface area contributed by atoms with Crippen molar-refractivity contribution in [1.82, 2.24) is 9.29 Å². The molecule has 0 spiro atoms. The molecule has 0 unspecified atom stereocenters. The summed E-state index contributed by atoms with van der Waals surface area (Å²) in [7, 11) is -2.69. The lowest BCUT2D eigenvalue weighted by atomic mass is 10.2. The van der Waals surface area contributed by atoms with Crippen LogP contribution in [-0.4, -0.2) is 42.8 Å². The predicted molar refractivity (Wildman–Crippen MR) is 98.9 cm³/mol. The summed E-state index contributed by atoms with van der Waals surface area (Å²) in [4.78, 5) is 12.5. The number of hydrogen-bond acceptors (Lipinski definition) is 6. The van der Waals surface area contributed by atoms with Gasteiger partial charge in [0.15, 0.2) is 11.4 Å². The molecule has 1 aliphatic rings. The first-order valence-electron chi connectivity index (χ1n) is 8.17. The van der Waals surface area contributed by atoms with E-state index in [1.807, 2.05) is 5.92 Å². The summed E-state index contributed by atoms with van der Waals surface area (Å²) in [5, 5.41) is 21.2. The fourth-order valence-electron chi connectivity index (χ4n) is 2.79. The van der Waals surface area contributed by atoms with E-state index >= 15 is 0 Å². The molecule has 1 amide bonds. The van der Waals surface area contributed by atoms with Gasteiger partial charge >= 0.3 is 0 Å². The summed E-state index contributed by atoms with van der Waals surface area (Å²) in [5.74, 6) is 0.328. The van der Waals surface area contributed by atoms with Crippen LogP contribution < -0.4 is 14.8 Å². The Kier molecular flexibility index (Phi) is 5.31. The van der Waals surface area contributed by atoms with Gasteiger partial charge in [0, 0.05) is 18.9 Å². The van der Waals surface area contributed by atoms with Crippen molar-refractivity contribution < 1.29 is 27.4 Å². The van der Waals surface area contributed by atoms with Crippen LogP contribution in [0.2, 0.25) is 0 Å². The molecule has 1 aromatic heterocycles. The lowest BCUT2D eigenvalue weighted by molar-refractivity contribution is 0.101. The number of rotatable bonds is 3. The molecule has 29 heavy (non-hydrogen) atoms. The number of amides is 1. The van der Waals surface area contributed by atoms with Crippen LogP contribution in [0.15, 0.2) is 29.3 Å². The Bertz CT molecular complexity index is 1180. The van der Waals surface area contributed by atoms with Gasteiger partial charge in [0.2, 0.25) is 10.0 Å². The number of aliphatic hydroxyl groups is 1. The molecule has 0 radical (unpaired) electrons. The second-order valence-electron chi connectivity index (χ2n) is 6.19. The smallest absolute Gasteiger partial charge is 0.276 e. The van der Waals surface area contributed by atoms with Crippen molar-refractivity contribution >= 4 is 21.6 Å². The quantitative estimate of drug-likeness (QED) is 0.615. The number of nitriles is 1. The lowest BCUT2D eigenvalue weighted by Gasteiger charge is -2.17. The number of anilines is 1. The highest BCUT2D eigenvalue weighted by Crippen LogP contribution is 2.33. The minimum Gasteiger partial charge on any atom is -0.488 e. The van der Waals surface area contributed by atoms with E-state index in [0.29, 0.717) is 0 Å². The highest BCUT2D eigenvalue weighted by atomic mass is 32.2. The van der Waals surface area contributed by atoms with Crippen LogP contribution in [0.4, 0.5) is 10.1 Å².